The summed E-state index contributed by atoms with van der Waals surface area (Å²) >= 11 is 0. The molecule has 3 atom stereocenters. The zero-order valence-electron chi connectivity index (χ0n) is 12.5. The maximum atomic E-state index is 11.9. The van der Waals surface area contributed by atoms with Crippen LogP contribution in [0.1, 0.15) is 44.3 Å². The second-order valence-electron chi connectivity index (χ2n) is 5.33. The van der Waals surface area contributed by atoms with Crippen molar-refractivity contribution >= 4 is 5.91 Å². The number of aryl methyl sites for hydroxylation is 2. The number of hydrogen-bond acceptors (Lipinski definition) is 6. The van der Waals surface area contributed by atoms with E-state index in [1.165, 1.54) is 0 Å². The normalized spacial score (nSPS) is 25.8. The van der Waals surface area contributed by atoms with Crippen molar-refractivity contribution in [2.75, 3.05) is 7.11 Å². The van der Waals surface area contributed by atoms with E-state index in [0.29, 0.717) is 24.6 Å². The molecule has 1 saturated carbocycles. The first-order valence-corrected chi connectivity index (χ1v) is 7.45. The molecule has 7 nitrogen and oxygen atoms in total. The highest BCUT2D eigenvalue weighted by molar-refractivity contribution is 5.76. The molecule has 1 heterocycles. The van der Waals surface area contributed by atoms with Crippen molar-refractivity contribution < 1.29 is 19.2 Å². The molecule has 7 heteroatoms. The summed E-state index contributed by atoms with van der Waals surface area (Å²) in [4.78, 5) is 16.1. The van der Waals surface area contributed by atoms with Gasteiger partial charge in [0.2, 0.25) is 11.8 Å². The van der Waals surface area contributed by atoms with Crippen LogP contribution < -0.4 is 5.32 Å². The minimum absolute atomic E-state index is 0.118. The fraction of sp³-hybridized carbons (Fsp3) is 0.786. The van der Waals surface area contributed by atoms with Gasteiger partial charge in [0.15, 0.2) is 5.82 Å². The lowest BCUT2D eigenvalue weighted by atomic mass is 9.90. The molecule has 1 amide bonds. The number of carbonyl (C=O) groups excluding carboxylic acids is 1. The Morgan fingerprint density at radius 1 is 1.52 bits per heavy atom. The lowest BCUT2D eigenvalue weighted by Crippen LogP contribution is -2.51. The Labute approximate surface area is 124 Å². The van der Waals surface area contributed by atoms with E-state index in [4.69, 9.17) is 9.26 Å². The van der Waals surface area contributed by atoms with Gasteiger partial charge in [0, 0.05) is 26.4 Å². The van der Waals surface area contributed by atoms with Gasteiger partial charge in [-0.3, -0.25) is 4.79 Å². The lowest BCUT2D eigenvalue weighted by molar-refractivity contribution is -0.125. The van der Waals surface area contributed by atoms with Gasteiger partial charge in [0.05, 0.1) is 12.1 Å². The number of amides is 1. The molecule has 0 radical (unpaired) electrons. The minimum atomic E-state index is -0.650. The zero-order chi connectivity index (χ0) is 15.2. The first-order valence-electron chi connectivity index (χ1n) is 7.45. The number of aliphatic hydroxyl groups excluding tert-OH is 1. The topological polar surface area (TPSA) is 97.5 Å². The molecule has 0 spiro atoms. The maximum absolute atomic E-state index is 11.9. The molecule has 1 aromatic heterocycles. The fourth-order valence-electron chi connectivity index (χ4n) is 2.59. The standard InChI is InChI=1S/C14H23N3O4/c1-3-11-16-13(21-17-11)8-7-12(18)15-9-5-4-6-10(20-2)14(9)19/h9-10,14,19H,3-8H2,1-2H3,(H,15,18)/t9-,10-,14-/m1/s1. The largest absolute Gasteiger partial charge is 0.388 e. The molecule has 0 aromatic carbocycles. The van der Waals surface area contributed by atoms with Gasteiger partial charge >= 0.3 is 0 Å². The first-order chi connectivity index (χ1) is 10.1. The summed E-state index contributed by atoms with van der Waals surface area (Å²) in [5.41, 5.74) is 0. The fourth-order valence-corrected chi connectivity index (χ4v) is 2.59. The van der Waals surface area contributed by atoms with Gasteiger partial charge < -0.3 is 19.7 Å². The van der Waals surface area contributed by atoms with Crippen LogP contribution in [0.25, 0.3) is 0 Å². The van der Waals surface area contributed by atoms with Crippen LogP contribution in [-0.2, 0) is 22.4 Å². The van der Waals surface area contributed by atoms with Crippen LogP contribution in [0.2, 0.25) is 0 Å². The molecule has 1 aliphatic carbocycles. The van der Waals surface area contributed by atoms with E-state index in [-0.39, 0.29) is 24.5 Å². The van der Waals surface area contributed by atoms with Crippen LogP contribution in [0, 0.1) is 0 Å². The van der Waals surface area contributed by atoms with E-state index in [0.717, 1.165) is 19.3 Å². The summed E-state index contributed by atoms with van der Waals surface area (Å²) in [7, 11) is 1.58. The van der Waals surface area contributed by atoms with E-state index >= 15 is 0 Å². The van der Waals surface area contributed by atoms with Crippen molar-refractivity contribution in [1.82, 2.24) is 15.5 Å². The van der Waals surface area contributed by atoms with Crippen molar-refractivity contribution in [1.29, 1.82) is 0 Å². The second kappa shape index (κ2) is 7.51. The molecule has 0 aliphatic heterocycles. The van der Waals surface area contributed by atoms with Crippen LogP contribution in [-0.4, -0.2) is 46.5 Å². The first kappa shape index (κ1) is 15.9. The predicted octanol–water partition coefficient (Wildman–Crippen LogP) is 0.609. The third-order valence-electron chi connectivity index (χ3n) is 3.84. The lowest BCUT2D eigenvalue weighted by Gasteiger charge is -2.34. The number of aromatic nitrogens is 2. The smallest absolute Gasteiger partial charge is 0.227 e. The molecule has 0 saturated heterocycles. The Balaban J connectivity index is 1.78. The Hall–Kier alpha value is -1.47. The van der Waals surface area contributed by atoms with Crippen molar-refractivity contribution in [3.8, 4) is 0 Å². The average molecular weight is 297 g/mol. The molecule has 2 rings (SSSR count). The van der Waals surface area contributed by atoms with Gasteiger partial charge in [-0.25, -0.2) is 0 Å². The van der Waals surface area contributed by atoms with E-state index in [2.05, 4.69) is 15.5 Å². The Morgan fingerprint density at radius 2 is 2.33 bits per heavy atom. The van der Waals surface area contributed by atoms with Gasteiger partial charge in [-0.2, -0.15) is 4.98 Å². The molecular formula is C14H23N3O4. The quantitative estimate of drug-likeness (QED) is 0.798. The second-order valence-corrected chi connectivity index (χ2v) is 5.33. The molecule has 0 bridgehead atoms. The van der Waals surface area contributed by atoms with Crippen LogP contribution in [0.3, 0.4) is 0 Å². The number of nitrogens with zero attached hydrogens (tertiary/aromatic N) is 2. The molecule has 1 aliphatic rings. The number of hydrogen-bond donors (Lipinski definition) is 2. The zero-order valence-corrected chi connectivity index (χ0v) is 12.5. The van der Waals surface area contributed by atoms with E-state index in [1.54, 1.807) is 7.11 Å². The summed E-state index contributed by atoms with van der Waals surface area (Å²) in [5.74, 6) is 1.00. The molecule has 21 heavy (non-hydrogen) atoms. The summed E-state index contributed by atoms with van der Waals surface area (Å²) in [5, 5.41) is 16.8. The number of nitrogens with one attached hydrogen (secondary N) is 1. The molecule has 1 fully saturated rings. The van der Waals surface area contributed by atoms with Crippen LogP contribution in [0.15, 0.2) is 4.52 Å². The van der Waals surface area contributed by atoms with Crippen molar-refractivity contribution in [3.63, 3.8) is 0 Å². The highest BCUT2D eigenvalue weighted by atomic mass is 16.5. The van der Waals surface area contributed by atoms with Crippen LogP contribution >= 0.6 is 0 Å². The van der Waals surface area contributed by atoms with Gasteiger partial charge in [-0.1, -0.05) is 12.1 Å². The van der Waals surface area contributed by atoms with Gasteiger partial charge in [-0.15, -0.1) is 0 Å². The average Bonchev–Trinajstić information content (AvgIpc) is 2.95. The molecular weight excluding hydrogens is 274 g/mol. The van der Waals surface area contributed by atoms with Crippen molar-refractivity contribution in [3.05, 3.63) is 11.7 Å². The summed E-state index contributed by atoms with van der Waals surface area (Å²) in [6.45, 7) is 1.94. The van der Waals surface area contributed by atoms with E-state index in [1.807, 2.05) is 6.92 Å². The van der Waals surface area contributed by atoms with Gasteiger partial charge in [0.1, 0.15) is 6.10 Å². The van der Waals surface area contributed by atoms with Crippen molar-refractivity contribution in [2.45, 2.75) is 63.7 Å². The molecule has 118 valence electrons. The molecule has 0 unspecified atom stereocenters. The molecule has 2 N–H and O–H groups in total. The Morgan fingerprint density at radius 3 is 3.00 bits per heavy atom. The van der Waals surface area contributed by atoms with Crippen LogP contribution in [0.5, 0.6) is 0 Å². The van der Waals surface area contributed by atoms with E-state index in [9.17, 15) is 9.90 Å². The number of ether oxygens (including phenoxy) is 1. The van der Waals surface area contributed by atoms with Crippen molar-refractivity contribution in [2.24, 2.45) is 0 Å². The van der Waals surface area contributed by atoms with E-state index < -0.39 is 6.10 Å². The third kappa shape index (κ3) is 4.25. The SMILES string of the molecule is CCc1noc(CCC(=O)N[C@@H]2CCC[C@@H](OC)[C@@H]2O)n1. The number of methoxy groups -OCH3 is 1. The third-order valence-corrected chi connectivity index (χ3v) is 3.84. The Kier molecular flexibility index (Phi) is 5.69. The monoisotopic (exact) mass is 297 g/mol. The highest BCUT2D eigenvalue weighted by Gasteiger charge is 2.32. The summed E-state index contributed by atoms with van der Waals surface area (Å²) in [6.07, 6.45) is 3.07. The number of aliphatic hydroxyl groups is 1. The Bertz CT molecular complexity index is 463. The summed E-state index contributed by atoms with van der Waals surface area (Å²) < 4.78 is 10.3. The molecule has 1 aromatic rings. The summed E-state index contributed by atoms with van der Waals surface area (Å²) in [6, 6.07) is -0.245. The van der Waals surface area contributed by atoms with Gasteiger partial charge in [0.25, 0.3) is 0 Å². The predicted molar refractivity (Wildman–Crippen MR) is 74.6 cm³/mol. The number of rotatable bonds is 6. The number of carbonyl (C=O) groups is 1. The van der Waals surface area contributed by atoms with Gasteiger partial charge in [-0.05, 0) is 19.3 Å². The highest BCUT2D eigenvalue weighted by Crippen LogP contribution is 2.21. The minimum Gasteiger partial charge on any atom is -0.388 e. The van der Waals surface area contributed by atoms with Crippen LogP contribution in [0.4, 0.5) is 0 Å². The maximum Gasteiger partial charge on any atom is 0.227 e.